The Morgan fingerprint density at radius 2 is 2.30 bits per heavy atom. The van der Waals surface area contributed by atoms with E-state index in [1.807, 2.05) is 10.8 Å². The largest absolute Gasteiger partial charge is 0.337 e. The van der Waals surface area contributed by atoms with Crippen LogP contribution in [0.4, 0.5) is 0 Å². The number of sulfonamides is 1. The van der Waals surface area contributed by atoms with Gasteiger partial charge in [0.05, 0.1) is 6.33 Å². The highest BCUT2D eigenvalue weighted by Crippen LogP contribution is 2.14. The fourth-order valence-corrected chi connectivity index (χ4v) is 3.12. The molecule has 9 heteroatoms. The number of hydrogen-bond donors (Lipinski definition) is 3. The van der Waals surface area contributed by atoms with Gasteiger partial charge in [-0.25, -0.2) is 18.1 Å². The molecule has 110 valence electrons. The van der Waals surface area contributed by atoms with E-state index in [-0.39, 0.29) is 11.6 Å². The zero-order valence-electron chi connectivity index (χ0n) is 11.2. The Kier molecular flexibility index (Phi) is 4.53. The van der Waals surface area contributed by atoms with Crippen molar-refractivity contribution in [1.82, 2.24) is 24.5 Å². The Balaban J connectivity index is 1.93. The number of nitrogens with zero attached hydrogens (tertiary/aromatic N) is 3. The first-order chi connectivity index (χ1) is 9.54. The normalized spacial score (nSPS) is 11.9. The lowest BCUT2D eigenvalue weighted by Gasteiger charge is -2.06. The molecule has 2 aromatic heterocycles. The molecule has 20 heavy (non-hydrogen) atoms. The number of hydrogen-bond acceptors (Lipinski definition) is 5. The van der Waals surface area contributed by atoms with E-state index in [9.17, 15) is 8.42 Å². The summed E-state index contributed by atoms with van der Waals surface area (Å²) >= 11 is 0. The molecule has 0 spiro atoms. The number of aromatic amines is 1. The third-order valence-electron chi connectivity index (χ3n) is 2.94. The van der Waals surface area contributed by atoms with E-state index in [1.54, 1.807) is 19.4 Å². The topological polar surface area (TPSA) is 119 Å². The molecule has 2 rings (SSSR count). The Morgan fingerprint density at radius 1 is 1.50 bits per heavy atom. The molecular weight excluding hydrogens is 280 g/mol. The van der Waals surface area contributed by atoms with E-state index in [4.69, 9.17) is 5.73 Å². The van der Waals surface area contributed by atoms with Crippen LogP contribution in [0, 0.1) is 6.92 Å². The molecule has 2 heterocycles. The van der Waals surface area contributed by atoms with Crippen LogP contribution in [0.15, 0.2) is 23.7 Å². The van der Waals surface area contributed by atoms with Crippen molar-refractivity contribution in [3.05, 3.63) is 30.0 Å². The van der Waals surface area contributed by atoms with Gasteiger partial charge in [0.25, 0.3) is 10.0 Å². The Morgan fingerprint density at radius 3 is 2.95 bits per heavy atom. The lowest BCUT2D eigenvalue weighted by Crippen LogP contribution is -2.27. The van der Waals surface area contributed by atoms with Crippen LogP contribution in [-0.2, 0) is 23.1 Å². The smallest absolute Gasteiger partial charge is 0.260 e. The summed E-state index contributed by atoms with van der Waals surface area (Å²) < 4.78 is 28.6. The predicted molar refractivity (Wildman–Crippen MR) is 73.2 cm³/mol. The average Bonchev–Trinajstić information content (AvgIpc) is 3.04. The molecule has 4 N–H and O–H groups in total. The first kappa shape index (κ1) is 14.7. The molecule has 0 fully saturated rings. The molecule has 0 aliphatic rings. The Labute approximate surface area is 117 Å². The maximum absolute atomic E-state index is 12.1. The van der Waals surface area contributed by atoms with Crippen LogP contribution in [0.1, 0.15) is 17.7 Å². The van der Waals surface area contributed by atoms with Crippen LogP contribution in [-0.4, -0.2) is 34.7 Å². The third kappa shape index (κ3) is 3.24. The Hall–Kier alpha value is -1.71. The minimum atomic E-state index is -3.62. The highest BCUT2D eigenvalue weighted by atomic mass is 32.2. The molecule has 0 aliphatic heterocycles. The van der Waals surface area contributed by atoms with E-state index in [0.717, 1.165) is 0 Å². The monoisotopic (exact) mass is 298 g/mol. The standard InChI is InChI=1S/C11H18N6O2S/c1-9-10(7-12)11(16-15-9)20(18,19)14-3-2-5-17-6-4-13-8-17/h4,6,8,14H,2-3,5,7,12H2,1H3,(H,15,16). The number of imidazole rings is 1. The van der Waals surface area contributed by atoms with Crippen LogP contribution in [0.5, 0.6) is 0 Å². The van der Waals surface area contributed by atoms with Crippen molar-refractivity contribution in [2.45, 2.75) is 31.5 Å². The van der Waals surface area contributed by atoms with Gasteiger partial charge in [0.1, 0.15) is 0 Å². The number of nitrogens with two attached hydrogens (primary N) is 1. The lowest BCUT2D eigenvalue weighted by molar-refractivity contribution is 0.565. The van der Waals surface area contributed by atoms with E-state index in [0.29, 0.717) is 30.8 Å². The SMILES string of the molecule is Cc1[nH]nc(S(=O)(=O)NCCCn2ccnc2)c1CN. The van der Waals surface area contributed by atoms with Gasteiger partial charge in [0, 0.05) is 43.3 Å². The number of H-pyrrole nitrogens is 1. The molecule has 0 saturated heterocycles. The molecule has 0 amide bonds. The summed E-state index contributed by atoms with van der Waals surface area (Å²) in [6.07, 6.45) is 5.87. The van der Waals surface area contributed by atoms with E-state index in [1.165, 1.54) is 0 Å². The first-order valence-corrected chi connectivity index (χ1v) is 7.72. The van der Waals surface area contributed by atoms with E-state index < -0.39 is 10.0 Å². The quantitative estimate of drug-likeness (QED) is 0.609. The molecule has 0 atom stereocenters. The third-order valence-corrected chi connectivity index (χ3v) is 4.37. The molecule has 0 saturated carbocycles. The summed E-state index contributed by atoms with van der Waals surface area (Å²) in [4.78, 5) is 3.92. The second-order valence-corrected chi connectivity index (χ2v) is 6.07. The maximum atomic E-state index is 12.1. The van der Waals surface area contributed by atoms with Crippen molar-refractivity contribution >= 4 is 10.0 Å². The van der Waals surface area contributed by atoms with E-state index in [2.05, 4.69) is 19.9 Å². The predicted octanol–water partition coefficient (Wildman–Crippen LogP) is -0.258. The fourth-order valence-electron chi connectivity index (χ4n) is 1.85. The molecule has 8 nitrogen and oxygen atoms in total. The van der Waals surface area contributed by atoms with Crippen LogP contribution < -0.4 is 10.5 Å². The molecule has 0 aliphatic carbocycles. The van der Waals surface area contributed by atoms with Crippen LogP contribution in [0.3, 0.4) is 0 Å². The second kappa shape index (κ2) is 6.16. The van der Waals surface area contributed by atoms with Crippen LogP contribution in [0.25, 0.3) is 0 Å². The lowest BCUT2D eigenvalue weighted by atomic mass is 10.3. The van der Waals surface area contributed by atoms with Gasteiger partial charge in [0.2, 0.25) is 0 Å². The van der Waals surface area contributed by atoms with E-state index >= 15 is 0 Å². The van der Waals surface area contributed by atoms with Gasteiger partial charge in [-0.15, -0.1) is 0 Å². The summed E-state index contributed by atoms with van der Waals surface area (Å²) in [7, 11) is -3.62. The van der Waals surface area contributed by atoms with Crippen molar-refractivity contribution in [2.24, 2.45) is 5.73 Å². The second-order valence-electron chi connectivity index (χ2n) is 4.39. The van der Waals surface area contributed by atoms with Gasteiger partial charge in [-0.05, 0) is 13.3 Å². The van der Waals surface area contributed by atoms with Gasteiger partial charge >= 0.3 is 0 Å². The number of aryl methyl sites for hydroxylation is 2. The minimum Gasteiger partial charge on any atom is -0.337 e. The number of aromatic nitrogens is 4. The summed E-state index contributed by atoms with van der Waals surface area (Å²) in [5, 5.41) is 6.45. The van der Waals surface area contributed by atoms with Crippen molar-refractivity contribution in [2.75, 3.05) is 6.54 Å². The van der Waals surface area contributed by atoms with Gasteiger partial charge in [0.15, 0.2) is 5.03 Å². The van der Waals surface area contributed by atoms with Crippen molar-refractivity contribution in [1.29, 1.82) is 0 Å². The Bertz CT molecular complexity index is 647. The van der Waals surface area contributed by atoms with Crippen molar-refractivity contribution < 1.29 is 8.42 Å². The summed E-state index contributed by atoms with van der Waals surface area (Å²) in [5.41, 5.74) is 6.74. The van der Waals surface area contributed by atoms with Crippen LogP contribution in [0.2, 0.25) is 0 Å². The highest BCUT2D eigenvalue weighted by Gasteiger charge is 2.22. The molecule has 0 aromatic carbocycles. The summed E-state index contributed by atoms with van der Waals surface area (Å²) in [6, 6.07) is 0. The fraction of sp³-hybridized carbons (Fsp3) is 0.455. The molecule has 2 aromatic rings. The molecular formula is C11H18N6O2S. The molecule has 0 radical (unpaired) electrons. The highest BCUT2D eigenvalue weighted by molar-refractivity contribution is 7.89. The summed E-state index contributed by atoms with van der Waals surface area (Å²) in [6.45, 7) is 2.91. The van der Waals surface area contributed by atoms with Gasteiger partial charge in [-0.2, -0.15) is 5.10 Å². The number of rotatable bonds is 7. The zero-order valence-corrected chi connectivity index (χ0v) is 12.0. The summed E-state index contributed by atoms with van der Waals surface area (Å²) in [5.74, 6) is 0. The van der Waals surface area contributed by atoms with Crippen molar-refractivity contribution in [3.63, 3.8) is 0 Å². The van der Waals surface area contributed by atoms with Gasteiger partial charge < -0.3 is 10.3 Å². The molecule has 0 unspecified atom stereocenters. The average molecular weight is 298 g/mol. The van der Waals surface area contributed by atoms with Gasteiger partial charge in [-0.1, -0.05) is 0 Å². The number of nitrogens with one attached hydrogen (secondary N) is 2. The van der Waals surface area contributed by atoms with Crippen LogP contribution >= 0.6 is 0 Å². The first-order valence-electron chi connectivity index (χ1n) is 6.24. The zero-order chi connectivity index (χ0) is 14.6. The maximum Gasteiger partial charge on any atom is 0.260 e. The van der Waals surface area contributed by atoms with Crippen molar-refractivity contribution in [3.8, 4) is 0 Å². The minimum absolute atomic E-state index is 0.0138. The van der Waals surface area contributed by atoms with Gasteiger partial charge in [-0.3, -0.25) is 5.10 Å². The molecule has 0 bridgehead atoms.